The van der Waals surface area contributed by atoms with E-state index in [2.05, 4.69) is 15.0 Å². The first kappa shape index (κ1) is 11.8. The van der Waals surface area contributed by atoms with Crippen LogP contribution in [0.3, 0.4) is 0 Å². The van der Waals surface area contributed by atoms with Crippen LogP contribution in [0.15, 0.2) is 12.3 Å². The van der Waals surface area contributed by atoms with Crippen LogP contribution >= 0.6 is 0 Å². The van der Waals surface area contributed by atoms with Crippen molar-refractivity contribution in [2.24, 2.45) is 0 Å². The molecule has 7 nitrogen and oxygen atoms in total. The van der Waals surface area contributed by atoms with E-state index in [1.54, 1.807) is 0 Å². The number of aromatic nitrogens is 1. The zero-order chi connectivity index (χ0) is 12.1. The Labute approximate surface area is 90.7 Å². The van der Waals surface area contributed by atoms with Crippen LogP contribution in [-0.4, -0.2) is 40.7 Å². The second-order valence-corrected chi connectivity index (χ2v) is 2.82. The molecule has 0 saturated carbocycles. The number of ether oxygens (including phenoxy) is 1. The number of aromatic hydroxyl groups is 2. The number of nitrogens with one attached hydrogen (secondary N) is 1. The van der Waals surface area contributed by atoms with Gasteiger partial charge in [0.2, 0.25) is 0 Å². The van der Waals surface area contributed by atoms with Gasteiger partial charge in [-0.25, -0.2) is 4.98 Å². The number of amides is 1. The maximum absolute atomic E-state index is 11.4. The van der Waals surface area contributed by atoms with Crippen molar-refractivity contribution < 1.29 is 24.5 Å². The molecular weight excluding hydrogens is 216 g/mol. The Kier molecular flexibility index (Phi) is 3.65. The Bertz CT molecular complexity index is 418. The lowest BCUT2D eigenvalue weighted by molar-refractivity contribution is -0.139. The van der Waals surface area contributed by atoms with E-state index in [0.717, 1.165) is 12.3 Å². The zero-order valence-electron chi connectivity index (χ0n) is 8.43. The maximum atomic E-state index is 11.4. The highest BCUT2D eigenvalue weighted by molar-refractivity contribution is 5.96. The van der Waals surface area contributed by atoms with Gasteiger partial charge in [-0.05, 0) is 0 Å². The molecule has 0 radical (unpaired) electrons. The molecule has 3 N–H and O–H groups in total. The summed E-state index contributed by atoms with van der Waals surface area (Å²) in [5.74, 6) is -2.08. The molecule has 0 bridgehead atoms. The van der Waals surface area contributed by atoms with Gasteiger partial charge in [-0.2, -0.15) is 0 Å². The highest BCUT2D eigenvalue weighted by atomic mass is 16.5. The number of pyridine rings is 1. The molecule has 1 aromatic rings. The summed E-state index contributed by atoms with van der Waals surface area (Å²) in [4.78, 5) is 25.6. The number of carbonyl (C=O) groups excluding carboxylic acids is 2. The van der Waals surface area contributed by atoms with Gasteiger partial charge in [0, 0.05) is 6.07 Å². The number of hydrogen-bond donors (Lipinski definition) is 3. The second kappa shape index (κ2) is 4.96. The Morgan fingerprint density at radius 3 is 2.75 bits per heavy atom. The van der Waals surface area contributed by atoms with Gasteiger partial charge in [-0.15, -0.1) is 0 Å². The van der Waals surface area contributed by atoms with Crippen molar-refractivity contribution in [1.82, 2.24) is 10.3 Å². The Morgan fingerprint density at radius 1 is 1.50 bits per heavy atom. The number of methoxy groups -OCH3 is 1. The number of carbonyl (C=O) groups is 2. The predicted molar refractivity (Wildman–Crippen MR) is 51.9 cm³/mol. The van der Waals surface area contributed by atoms with Crippen molar-refractivity contribution in [3.63, 3.8) is 0 Å². The number of rotatable bonds is 3. The molecule has 1 heterocycles. The van der Waals surface area contributed by atoms with Gasteiger partial charge in [0.05, 0.1) is 13.3 Å². The highest BCUT2D eigenvalue weighted by Gasteiger charge is 2.14. The van der Waals surface area contributed by atoms with Crippen LogP contribution in [0.2, 0.25) is 0 Å². The standard InChI is InChI=1S/C9H10N2O5/c1-16-7(14)4-11-9(15)8-6(13)2-5(12)3-10-8/h2-3,12-13H,4H2,1H3,(H,11,15). The van der Waals surface area contributed by atoms with Crippen molar-refractivity contribution in [2.45, 2.75) is 0 Å². The third-order valence-electron chi connectivity index (χ3n) is 1.69. The molecule has 0 fully saturated rings. The lowest BCUT2D eigenvalue weighted by Crippen LogP contribution is -2.30. The quantitative estimate of drug-likeness (QED) is 0.593. The van der Waals surface area contributed by atoms with Crippen LogP contribution in [0.1, 0.15) is 10.5 Å². The molecular formula is C9H10N2O5. The van der Waals surface area contributed by atoms with Crippen LogP contribution in [0, 0.1) is 0 Å². The van der Waals surface area contributed by atoms with E-state index in [1.165, 1.54) is 7.11 Å². The fourth-order valence-corrected chi connectivity index (χ4v) is 0.926. The molecule has 7 heteroatoms. The summed E-state index contributed by atoms with van der Waals surface area (Å²) in [5, 5.41) is 20.4. The molecule has 0 aromatic carbocycles. The molecule has 0 atom stereocenters. The molecule has 1 aromatic heterocycles. The van der Waals surface area contributed by atoms with Gasteiger partial charge >= 0.3 is 5.97 Å². The summed E-state index contributed by atoms with van der Waals surface area (Å²) in [5.41, 5.74) is -0.276. The average molecular weight is 226 g/mol. The largest absolute Gasteiger partial charge is 0.506 e. The predicted octanol–water partition coefficient (Wildman–Crippen LogP) is -0.604. The summed E-state index contributed by atoms with van der Waals surface area (Å²) in [6, 6.07) is 0.972. The van der Waals surface area contributed by atoms with Crippen molar-refractivity contribution in [1.29, 1.82) is 0 Å². The average Bonchev–Trinajstić information content (AvgIpc) is 2.25. The smallest absolute Gasteiger partial charge is 0.325 e. The molecule has 16 heavy (non-hydrogen) atoms. The van der Waals surface area contributed by atoms with Gasteiger partial charge in [-0.1, -0.05) is 0 Å². The fraction of sp³-hybridized carbons (Fsp3) is 0.222. The second-order valence-electron chi connectivity index (χ2n) is 2.82. The van der Waals surface area contributed by atoms with Crippen LogP contribution in [0.5, 0.6) is 11.5 Å². The van der Waals surface area contributed by atoms with Gasteiger partial charge in [0.25, 0.3) is 5.91 Å². The normalized spacial score (nSPS) is 9.56. The summed E-state index contributed by atoms with van der Waals surface area (Å²) in [6.45, 7) is -0.322. The molecule has 0 unspecified atom stereocenters. The molecule has 0 saturated heterocycles. The first-order valence-corrected chi connectivity index (χ1v) is 4.27. The van der Waals surface area contributed by atoms with Gasteiger partial charge in [0.15, 0.2) is 11.4 Å². The highest BCUT2D eigenvalue weighted by Crippen LogP contribution is 2.19. The van der Waals surface area contributed by atoms with Crippen LogP contribution in [-0.2, 0) is 9.53 Å². The molecule has 0 aliphatic heterocycles. The number of esters is 1. The molecule has 0 aliphatic carbocycles. The Hall–Kier alpha value is -2.31. The van der Waals surface area contributed by atoms with E-state index in [0.29, 0.717) is 0 Å². The van der Waals surface area contributed by atoms with Gasteiger partial charge < -0.3 is 20.3 Å². The topological polar surface area (TPSA) is 109 Å². The first-order valence-electron chi connectivity index (χ1n) is 4.27. The molecule has 1 rings (SSSR count). The Balaban J connectivity index is 2.70. The summed E-state index contributed by atoms with van der Waals surface area (Å²) < 4.78 is 4.31. The third kappa shape index (κ3) is 2.84. The fourth-order valence-electron chi connectivity index (χ4n) is 0.926. The molecule has 86 valence electrons. The van der Waals surface area contributed by atoms with Gasteiger partial charge in [0.1, 0.15) is 12.3 Å². The summed E-state index contributed by atoms with van der Waals surface area (Å²) >= 11 is 0. The van der Waals surface area contributed by atoms with Gasteiger partial charge in [-0.3, -0.25) is 9.59 Å². The number of nitrogens with zero attached hydrogens (tertiary/aromatic N) is 1. The van der Waals surface area contributed by atoms with Crippen molar-refractivity contribution in [2.75, 3.05) is 13.7 Å². The minimum atomic E-state index is -0.733. The minimum absolute atomic E-state index is 0.262. The van der Waals surface area contributed by atoms with E-state index >= 15 is 0 Å². The molecule has 0 spiro atoms. The summed E-state index contributed by atoms with van der Waals surface area (Å²) in [6.07, 6.45) is 1.01. The number of hydrogen-bond acceptors (Lipinski definition) is 6. The van der Waals surface area contributed by atoms with E-state index in [1.807, 2.05) is 0 Å². The van der Waals surface area contributed by atoms with Crippen molar-refractivity contribution in [3.05, 3.63) is 18.0 Å². The molecule has 0 aliphatic rings. The van der Waals surface area contributed by atoms with E-state index in [-0.39, 0.29) is 18.0 Å². The van der Waals surface area contributed by atoms with Crippen LogP contribution in [0.4, 0.5) is 0 Å². The minimum Gasteiger partial charge on any atom is -0.506 e. The first-order chi connectivity index (χ1) is 7.54. The van der Waals surface area contributed by atoms with E-state index < -0.39 is 17.6 Å². The Morgan fingerprint density at radius 2 is 2.19 bits per heavy atom. The monoisotopic (exact) mass is 226 g/mol. The van der Waals surface area contributed by atoms with Crippen LogP contribution < -0.4 is 5.32 Å². The van der Waals surface area contributed by atoms with E-state index in [4.69, 9.17) is 5.11 Å². The third-order valence-corrected chi connectivity index (χ3v) is 1.69. The molecule has 1 amide bonds. The summed E-state index contributed by atoms with van der Waals surface area (Å²) in [7, 11) is 1.19. The van der Waals surface area contributed by atoms with E-state index in [9.17, 15) is 14.7 Å². The zero-order valence-corrected chi connectivity index (χ0v) is 8.43. The maximum Gasteiger partial charge on any atom is 0.325 e. The van der Waals surface area contributed by atoms with Crippen molar-refractivity contribution >= 4 is 11.9 Å². The lowest BCUT2D eigenvalue weighted by Gasteiger charge is -2.04. The lowest BCUT2D eigenvalue weighted by atomic mass is 10.3. The van der Waals surface area contributed by atoms with Crippen LogP contribution in [0.25, 0.3) is 0 Å². The van der Waals surface area contributed by atoms with Crippen molar-refractivity contribution in [3.8, 4) is 11.5 Å². The SMILES string of the molecule is COC(=O)CNC(=O)c1ncc(O)cc1O.